The van der Waals surface area contributed by atoms with Gasteiger partial charge in [0.15, 0.2) is 5.06 Å². The summed E-state index contributed by atoms with van der Waals surface area (Å²) >= 11 is 1.66. The first-order valence-corrected chi connectivity index (χ1v) is 5.42. The van der Waals surface area contributed by atoms with Crippen LogP contribution < -0.4 is 15.8 Å². The van der Waals surface area contributed by atoms with E-state index in [4.69, 9.17) is 10.5 Å². The third-order valence-electron chi connectivity index (χ3n) is 2.21. The first-order valence-electron chi connectivity index (χ1n) is 4.61. The molecule has 0 saturated heterocycles. The van der Waals surface area contributed by atoms with Gasteiger partial charge in [0.2, 0.25) is 0 Å². The lowest BCUT2D eigenvalue weighted by Gasteiger charge is -2.18. The van der Waals surface area contributed by atoms with Crippen LogP contribution in [0.2, 0.25) is 0 Å². The molecular weight excluding hydrogens is 196 g/mol. The van der Waals surface area contributed by atoms with E-state index in [-0.39, 0.29) is 6.04 Å². The molecule has 1 aromatic rings. The quantitative estimate of drug-likeness (QED) is 0.767. The van der Waals surface area contributed by atoms with Crippen molar-refractivity contribution in [1.29, 1.82) is 0 Å². The van der Waals surface area contributed by atoms with Gasteiger partial charge >= 0.3 is 0 Å². The van der Waals surface area contributed by atoms with Gasteiger partial charge in [0.05, 0.1) is 7.11 Å². The van der Waals surface area contributed by atoms with Crippen LogP contribution in [0, 0.1) is 0 Å². The van der Waals surface area contributed by atoms with E-state index in [1.54, 1.807) is 18.4 Å². The molecule has 1 aromatic heterocycles. The van der Waals surface area contributed by atoms with Crippen LogP contribution in [-0.2, 0) is 0 Å². The Morgan fingerprint density at radius 1 is 1.57 bits per heavy atom. The largest absolute Gasteiger partial charge is 0.487 e. The maximum Gasteiger partial charge on any atom is 0.173 e. The molecule has 4 heteroatoms. The van der Waals surface area contributed by atoms with E-state index in [0.717, 1.165) is 18.2 Å². The maximum atomic E-state index is 5.84. The van der Waals surface area contributed by atoms with Crippen LogP contribution in [0.5, 0.6) is 5.06 Å². The molecule has 14 heavy (non-hydrogen) atoms. The molecule has 3 N–H and O–H groups in total. The molecule has 0 aromatic carbocycles. The van der Waals surface area contributed by atoms with Crippen LogP contribution in [0.4, 0.5) is 0 Å². The molecule has 0 saturated carbocycles. The number of thiophene rings is 1. The van der Waals surface area contributed by atoms with Crippen molar-refractivity contribution in [3.63, 3.8) is 0 Å². The van der Waals surface area contributed by atoms with Crippen molar-refractivity contribution >= 4 is 16.9 Å². The molecule has 0 fully saturated rings. The van der Waals surface area contributed by atoms with Gasteiger partial charge in [-0.3, -0.25) is 0 Å². The summed E-state index contributed by atoms with van der Waals surface area (Å²) in [5, 5.41) is 4.23. The Morgan fingerprint density at radius 2 is 2.43 bits per heavy atom. The normalized spacial score (nSPS) is 21.9. The first kappa shape index (κ1) is 9.71. The molecule has 76 valence electrons. The molecular formula is C10H14N2OS. The minimum atomic E-state index is 0.131. The van der Waals surface area contributed by atoms with E-state index in [1.807, 2.05) is 6.07 Å². The number of ether oxygens (including phenoxy) is 1. The van der Waals surface area contributed by atoms with E-state index in [1.165, 1.54) is 10.5 Å². The Kier molecular flexibility index (Phi) is 2.86. The Morgan fingerprint density at radius 3 is 3.07 bits per heavy atom. The molecule has 0 aliphatic carbocycles. The van der Waals surface area contributed by atoms with E-state index >= 15 is 0 Å². The Hall–Kier alpha value is -0.840. The Balaban J connectivity index is 2.21. The van der Waals surface area contributed by atoms with Crippen molar-refractivity contribution in [2.24, 2.45) is 5.73 Å². The van der Waals surface area contributed by atoms with Gasteiger partial charge in [0.1, 0.15) is 0 Å². The van der Waals surface area contributed by atoms with Crippen molar-refractivity contribution in [2.45, 2.75) is 6.04 Å². The average molecular weight is 210 g/mol. The van der Waals surface area contributed by atoms with Crippen molar-refractivity contribution < 1.29 is 4.74 Å². The Bertz CT molecular complexity index is 346. The minimum Gasteiger partial charge on any atom is -0.487 e. The van der Waals surface area contributed by atoms with Crippen molar-refractivity contribution in [2.75, 3.05) is 20.2 Å². The zero-order valence-electron chi connectivity index (χ0n) is 8.12. The van der Waals surface area contributed by atoms with E-state index in [0.29, 0.717) is 0 Å². The van der Waals surface area contributed by atoms with Gasteiger partial charge in [-0.05, 0) is 17.7 Å². The molecule has 3 nitrogen and oxygen atoms in total. The van der Waals surface area contributed by atoms with Gasteiger partial charge in [-0.15, -0.1) is 0 Å². The maximum absolute atomic E-state index is 5.84. The fraction of sp³-hybridized carbons (Fsp3) is 0.400. The second-order valence-electron chi connectivity index (χ2n) is 3.31. The summed E-state index contributed by atoms with van der Waals surface area (Å²) in [7, 11) is 1.69. The van der Waals surface area contributed by atoms with E-state index < -0.39 is 0 Å². The van der Waals surface area contributed by atoms with Crippen molar-refractivity contribution in [3.05, 3.63) is 23.1 Å². The summed E-state index contributed by atoms with van der Waals surface area (Å²) in [5.41, 5.74) is 7.11. The molecule has 2 rings (SSSR count). The summed E-state index contributed by atoms with van der Waals surface area (Å²) in [6.07, 6.45) is 2.13. The lowest BCUT2D eigenvalue weighted by Crippen LogP contribution is -2.37. The molecule has 0 bridgehead atoms. The summed E-state index contributed by atoms with van der Waals surface area (Å²) in [6, 6.07) is 4.20. The van der Waals surface area contributed by atoms with Crippen molar-refractivity contribution in [3.8, 4) is 5.06 Å². The number of nitrogens with one attached hydrogen (secondary N) is 1. The lowest BCUT2D eigenvalue weighted by molar-refractivity contribution is 0.427. The second-order valence-corrected chi connectivity index (χ2v) is 4.36. The van der Waals surface area contributed by atoms with Crippen LogP contribution in [0.3, 0.4) is 0 Å². The molecule has 0 radical (unpaired) electrons. The predicted molar refractivity (Wildman–Crippen MR) is 59.7 cm³/mol. The number of rotatable bonds is 2. The highest BCUT2D eigenvalue weighted by atomic mass is 32.1. The first-order chi connectivity index (χ1) is 6.79. The number of hydrogen-bond acceptors (Lipinski definition) is 4. The third-order valence-corrected chi connectivity index (χ3v) is 3.33. The Labute approximate surface area is 87.6 Å². The topological polar surface area (TPSA) is 47.3 Å². The molecule has 1 atom stereocenters. The van der Waals surface area contributed by atoms with Gasteiger partial charge in [0, 0.05) is 24.0 Å². The van der Waals surface area contributed by atoms with Crippen LogP contribution in [0.15, 0.2) is 18.2 Å². The van der Waals surface area contributed by atoms with E-state index in [9.17, 15) is 0 Å². The highest BCUT2D eigenvalue weighted by molar-refractivity contribution is 7.14. The third kappa shape index (κ3) is 1.97. The lowest BCUT2D eigenvalue weighted by atomic mass is 10.1. The fourth-order valence-corrected chi connectivity index (χ4v) is 2.37. The number of hydrogen-bond donors (Lipinski definition) is 2. The summed E-state index contributed by atoms with van der Waals surface area (Å²) < 4.78 is 5.15. The van der Waals surface area contributed by atoms with Gasteiger partial charge in [0.25, 0.3) is 0 Å². The molecule has 0 spiro atoms. The SMILES string of the molecule is COc1ccc(C2=CC(N)CNC2)s1. The molecule has 1 aliphatic rings. The predicted octanol–water partition coefficient (Wildman–Crippen LogP) is 1.07. The van der Waals surface area contributed by atoms with Crippen LogP contribution in [0.25, 0.3) is 5.57 Å². The fourth-order valence-electron chi connectivity index (χ4n) is 1.52. The summed E-state index contributed by atoms with van der Waals surface area (Å²) in [6.45, 7) is 1.77. The highest BCUT2D eigenvalue weighted by Gasteiger charge is 2.12. The van der Waals surface area contributed by atoms with Crippen LogP contribution >= 0.6 is 11.3 Å². The van der Waals surface area contributed by atoms with Gasteiger partial charge in [-0.25, -0.2) is 0 Å². The van der Waals surface area contributed by atoms with Crippen molar-refractivity contribution in [1.82, 2.24) is 5.32 Å². The molecule has 2 heterocycles. The summed E-state index contributed by atoms with van der Waals surface area (Å²) in [5.74, 6) is 0. The minimum absolute atomic E-state index is 0.131. The van der Waals surface area contributed by atoms with E-state index in [2.05, 4.69) is 17.5 Å². The smallest absolute Gasteiger partial charge is 0.173 e. The molecule has 1 aliphatic heterocycles. The van der Waals surface area contributed by atoms with Gasteiger partial charge < -0.3 is 15.8 Å². The number of methoxy groups -OCH3 is 1. The second kappa shape index (κ2) is 4.13. The highest BCUT2D eigenvalue weighted by Crippen LogP contribution is 2.29. The van der Waals surface area contributed by atoms with Crippen LogP contribution in [-0.4, -0.2) is 26.2 Å². The van der Waals surface area contributed by atoms with Gasteiger partial charge in [-0.2, -0.15) is 0 Å². The average Bonchev–Trinajstić information content (AvgIpc) is 2.66. The molecule has 0 amide bonds. The number of nitrogens with two attached hydrogens (primary N) is 1. The monoisotopic (exact) mass is 210 g/mol. The standard InChI is InChI=1S/C10H14N2OS/c1-13-10-3-2-9(14-10)7-4-8(11)6-12-5-7/h2-4,8,12H,5-6,11H2,1H3. The zero-order chi connectivity index (χ0) is 9.97. The summed E-state index contributed by atoms with van der Waals surface area (Å²) in [4.78, 5) is 1.24. The van der Waals surface area contributed by atoms with Gasteiger partial charge in [-0.1, -0.05) is 17.4 Å². The van der Waals surface area contributed by atoms with Crippen LogP contribution in [0.1, 0.15) is 4.88 Å². The molecule has 1 unspecified atom stereocenters. The zero-order valence-corrected chi connectivity index (χ0v) is 8.93.